The average Bonchev–Trinajstić information content (AvgIpc) is 2.86. The van der Waals surface area contributed by atoms with Crippen molar-refractivity contribution in [3.63, 3.8) is 0 Å². The lowest BCUT2D eigenvalue weighted by molar-refractivity contribution is 0.775. The Balaban J connectivity index is 2.12. The molecule has 0 atom stereocenters. The molecular formula is C9H11Cl2N3. The summed E-state index contributed by atoms with van der Waals surface area (Å²) in [6.45, 7) is 1.02. The highest BCUT2D eigenvalue weighted by molar-refractivity contribution is 6.32. The van der Waals surface area contributed by atoms with Crippen molar-refractivity contribution in [2.75, 3.05) is 18.5 Å². The predicted molar refractivity (Wildman–Crippen MR) is 58.0 cm³/mol. The van der Waals surface area contributed by atoms with Crippen molar-refractivity contribution in [1.82, 2.24) is 9.97 Å². The predicted octanol–water partition coefficient (Wildman–Crippen LogP) is 2.63. The molecule has 0 bridgehead atoms. The number of halogens is 2. The fourth-order valence-corrected chi connectivity index (χ4v) is 1.75. The van der Waals surface area contributed by atoms with Crippen molar-refractivity contribution < 1.29 is 0 Å². The van der Waals surface area contributed by atoms with Crippen LogP contribution in [0.2, 0.25) is 10.4 Å². The van der Waals surface area contributed by atoms with Crippen molar-refractivity contribution in [2.45, 2.75) is 12.8 Å². The third-order valence-electron chi connectivity index (χ3n) is 2.27. The zero-order valence-corrected chi connectivity index (χ0v) is 9.39. The lowest BCUT2D eigenvalue weighted by Crippen LogP contribution is -2.21. The lowest BCUT2D eigenvalue weighted by atomic mass is 10.4. The van der Waals surface area contributed by atoms with Gasteiger partial charge in [0, 0.05) is 19.7 Å². The highest BCUT2D eigenvalue weighted by Crippen LogP contribution is 2.30. The Hall–Kier alpha value is -0.540. The Labute approximate surface area is 93.1 Å². The smallest absolute Gasteiger partial charge is 0.225 e. The topological polar surface area (TPSA) is 29.0 Å². The van der Waals surface area contributed by atoms with Gasteiger partial charge in [-0.25, -0.2) is 9.97 Å². The Bertz CT molecular complexity index is 319. The van der Waals surface area contributed by atoms with Crippen LogP contribution in [0.5, 0.6) is 0 Å². The van der Waals surface area contributed by atoms with E-state index in [4.69, 9.17) is 23.2 Å². The van der Waals surface area contributed by atoms with Crippen LogP contribution in [0.15, 0.2) is 6.07 Å². The molecule has 1 aromatic rings. The monoisotopic (exact) mass is 231 g/mol. The van der Waals surface area contributed by atoms with E-state index in [9.17, 15) is 0 Å². The van der Waals surface area contributed by atoms with Crippen molar-refractivity contribution in [1.29, 1.82) is 0 Å². The SMILES string of the molecule is CN(CC1CC1)c1cc(Cl)nc(Cl)n1. The van der Waals surface area contributed by atoms with Gasteiger partial charge < -0.3 is 4.90 Å². The summed E-state index contributed by atoms with van der Waals surface area (Å²) in [6.07, 6.45) is 2.63. The molecule has 76 valence electrons. The summed E-state index contributed by atoms with van der Waals surface area (Å²) in [5.74, 6) is 1.61. The first-order chi connectivity index (χ1) is 6.65. The number of aromatic nitrogens is 2. The van der Waals surface area contributed by atoms with Crippen LogP contribution in [-0.2, 0) is 0 Å². The molecule has 2 rings (SSSR count). The molecule has 1 heterocycles. The van der Waals surface area contributed by atoms with Crippen molar-refractivity contribution >= 4 is 29.0 Å². The molecule has 1 saturated carbocycles. The highest BCUT2D eigenvalue weighted by atomic mass is 35.5. The Morgan fingerprint density at radius 1 is 1.43 bits per heavy atom. The van der Waals surface area contributed by atoms with Crippen LogP contribution in [0.3, 0.4) is 0 Å². The van der Waals surface area contributed by atoms with E-state index < -0.39 is 0 Å². The average molecular weight is 232 g/mol. The Morgan fingerprint density at radius 2 is 2.14 bits per heavy atom. The van der Waals surface area contributed by atoms with E-state index >= 15 is 0 Å². The molecule has 1 fully saturated rings. The van der Waals surface area contributed by atoms with Gasteiger partial charge >= 0.3 is 0 Å². The van der Waals surface area contributed by atoms with Crippen LogP contribution in [0.25, 0.3) is 0 Å². The molecule has 0 aliphatic heterocycles. The van der Waals surface area contributed by atoms with Gasteiger partial charge in [-0.15, -0.1) is 0 Å². The van der Waals surface area contributed by atoms with Gasteiger partial charge in [0.15, 0.2) is 0 Å². The molecule has 0 N–H and O–H groups in total. The minimum atomic E-state index is 0.204. The Morgan fingerprint density at radius 3 is 2.71 bits per heavy atom. The van der Waals surface area contributed by atoms with E-state index in [1.165, 1.54) is 12.8 Å². The number of hydrogen-bond acceptors (Lipinski definition) is 3. The van der Waals surface area contributed by atoms with Crippen molar-refractivity contribution in [2.24, 2.45) is 5.92 Å². The molecule has 0 saturated heterocycles. The second-order valence-electron chi connectivity index (χ2n) is 3.64. The van der Waals surface area contributed by atoms with Crippen LogP contribution in [0.1, 0.15) is 12.8 Å². The number of rotatable bonds is 3. The minimum Gasteiger partial charge on any atom is -0.359 e. The fourth-order valence-electron chi connectivity index (χ4n) is 1.36. The second kappa shape index (κ2) is 3.91. The van der Waals surface area contributed by atoms with Crippen LogP contribution in [0.4, 0.5) is 5.82 Å². The molecular weight excluding hydrogens is 221 g/mol. The fraction of sp³-hybridized carbons (Fsp3) is 0.556. The summed E-state index contributed by atoms with van der Waals surface area (Å²) < 4.78 is 0. The largest absolute Gasteiger partial charge is 0.359 e. The molecule has 0 unspecified atom stereocenters. The van der Waals surface area contributed by atoms with Crippen LogP contribution < -0.4 is 4.90 Å². The minimum absolute atomic E-state index is 0.204. The van der Waals surface area contributed by atoms with Gasteiger partial charge in [0.05, 0.1) is 0 Å². The lowest BCUT2D eigenvalue weighted by Gasteiger charge is -2.17. The first kappa shape index (κ1) is 9.99. The number of anilines is 1. The first-order valence-corrected chi connectivity index (χ1v) is 5.32. The molecule has 1 aromatic heterocycles. The Kier molecular flexibility index (Phi) is 2.79. The third kappa shape index (κ3) is 2.49. The van der Waals surface area contributed by atoms with Gasteiger partial charge in [0.2, 0.25) is 5.28 Å². The molecule has 0 spiro atoms. The second-order valence-corrected chi connectivity index (χ2v) is 4.37. The van der Waals surface area contributed by atoms with E-state index in [1.54, 1.807) is 6.07 Å². The van der Waals surface area contributed by atoms with Gasteiger partial charge in [-0.3, -0.25) is 0 Å². The normalized spacial score (nSPS) is 15.6. The summed E-state index contributed by atoms with van der Waals surface area (Å²) in [5, 5.41) is 0.595. The summed E-state index contributed by atoms with van der Waals surface area (Å²) in [6, 6.07) is 1.73. The van der Waals surface area contributed by atoms with Crippen LogP contribution in [0, 0.1) is 5.92 Å². The quantitative estimate of drug-likeness (QED) is 0.592. The molecule has 0 amide bonds. The molecule has 3 nitrogen and oxygen atoms in total. The maximum absolute atomic E-state index is 5.78. The first-order valence-electron chi connectivity index (χ1n) is 4.56. The van der Waals surface area contributed by atoms with E-state index in [0.29, 0.717) is 5.15 Å². The zero-order chi connectivity index (χ0) is 10.1. The molecule has 5 heteroatoms. The zero-order valence-electron chi connectivity index (χ0n) is 7.87. The molecule has 0 aromatic carbocycles. The highest BCUT2D eigenvalue weighted by Gasteiger charge is 2.23. The van der Waals surface area contributed by atoms with E-state index in [-0.39, 0.29) is 5.28 Å². The van der Waals surface area contributed by atoms with E-state index in [1.807, 2.05) is 7.05 Å². The van der Waals surface area contributed by atoms with Gasteiger partial charge in [0.1, 0.15) is 11.0 Å². The summed E-state index contributed by atoms with van der Waals surface area (Å²) in [7, 11) is 1.99. The maximum Gasteiger partial charge on any atom is 0.225 e. The summed E-state index contributed by atoms with van der Waals surface area (Å²) in [5.41, 5.74) is 0. The molecule has 0 radical (unpaired) electrons. The van der Waals surface area contributed by atoms with E-state index in [2.05, 4.69) is 14.9 Å². The van der Waals surface area contributed by atoms with Crippen molar-refractivity contribution in [3.8, 4) is 0 Å². The summed E-state index contributed by atoms with van der Waals surface area (Å²) >= 11 is 11.5. The number of hydrogen-bond donors (Lipinski definition) is 0. The molecule has 14 heavy (non-hydrogen) atoms. The van der Waals surface area contributed by atoms with Gasteiger partial charge in [-0.1, -0.05) is 11.6 Å². The standard InChI is InChI=1S/C9H11Cl2N3/c1-14(5-6-2-3-6)8-4-7(10)12-9(11)13-8/h4,6H,2-3,5H2,1H3. The van der Waals surface area contributed by atoms with Crippen LogP contribution in [-0.4, -0.2) is 23.6 Å². The van der Waals surface area contributed by atoms with Crippen molar-refractivity contribution in [3.05, 3.63) is 16.5 Å². The maximum atomic E-state index is 5.78. The third-order valence-corrected chi connectivity index (χ3v) is 2.64. The van der Waals surface area contributed by atoms with Gasteiger partial charge in [-0.2, -0.15) is 0 Å². The molecule has 1 aliphatic carbocycles. The van der Waals surface area contributed by atoms with Crippen LogP contribution >= 0.6 is 23.2 Å². The van der Waals surface area contributed by atoms with E-state index in [0.717, 1.165) is 18.3 Å². The molecule has 1 aliphatic rings. The van der Waals surface area contributed by atoms with Gasteiger partial charge in [0.25, 0.3) is 0 Å². The van der Waals surface area contributed by atoms with Gasteiger partial charge in [-0.05, 0) is 30.4 Å². The summed E-state index contributed by atoms with van der Waals surface area (Å²) in [4.78, 5) is 9.98. The number of nitrogens with zero attached hydrogens (tertiary/aromatic N) is 3.